The number of hydrogen-bond acceptors (Lipinski definition) is 6. The van der Waals surface area contributed by atoms with Crippen LogP contribution in [-0.2, 0) is 30.3 Å². The van der Waals surface area contributed by atoms with Crippen molar-refractivity contribution >= 4 is 29.4 Å². The smallest absolute Gasteiger partial charge is 0.313 e. The summed E-state index contributed by atoms with van der Waals surface area (Å²) in [6.45, 7) is 4.81. The lowest BCUT2D eigenvalue weighted by Gasteiger charge is -2.32. The number of likely N-dealkylation sites (tertiary alicyclic amines) is 1. The Morgan fingerprint density at radius 2 is 1.93 bits per heavy atom. The second-order valence-electron chi connectivity index (χ2n) is 7.39. The number of piperidine rings is 1. The van der Waals surface area contributed by atoms with E-state index in [1.165, 1.54) is 0 Å². The van der Waals surface area contributed by atoms with Crippen molar-refractivity contribution in [3.05, 3.63) is 28.8 Å². The highest BCUT2D eigenvalue weighted by molar-refractivity contribution is 6.30. The third-order valence-electron chi connectivity index (χ3n) is 5.33. The largest absolute Gasteiger partial charge is 0.492 e. The maximum absolute atomic E-state index is 12.6. The standard InChI is InChI=1S/C21H26ClNO6/c1-3-27-20(25)14-6-8-23(9-7-14)19(24)13(2)29-21(26)16-10-15-11-17(22)4-5-18(15)28-12-16/h4-5,11,13-14,16H,3,6-10,12H2,1-2H3. The quantitative estimate of drug-likeness (QED) is 0.677. The number of fused-ring (bicyclic) bond motifs is 1. The molecule has 0 N–H and O–H groups in total. The first-order valence-corrected chi connectivity index (χ1v) is 10.3. The zero-order valence-corrected chi connectivity index (χ0v) is 17.4. The fourth-order valence-corrected chi connectivity index (χ4v) is 3.88. The molecule has 0 radical (unpaired) electrons. The van der Waals surface area contributed by atoms with Crippen LogP contribution in [0.4, 0.5) is 0 Å². The van der Waals surface area contributed by atoms with Crippen LogP contribution >= 0.6 is 11.6 Å². The molecule has 1 aromatic carbocycles. The van der Waals surface area contributed by atoms with Crippen LogP contribution in [0.1, 0.15) is 32.3 Å². The van der Waals surface area contributed by atoms with Crippen LogP contribution in [0.15, 0.2) is 18.2 Å². The fraction of sp³-hybridized carbons (Fsp3) is 0.571. The van der Waals surface area contributed by atoms with Gasteiger partial charge in [0.15, 0.2) is 6.10 Å². The van der Waals surface area contributed by atoms with Crippen LogP contribution in [-0.4, -0.2) is 55.2 Å². The summed E-state index contributed by atoms with van der Waals surface area (Å²) in [6.07, 6.45) is 0.682. The third kappa shape index (κ3) is 5.21. The number of rotatable bonds is 5. The SMILES string of the molecule is CCOC(=O)C1CCN(C(=O)C(C)OC(=O)C2COc3ccc(Cl)cc3C2)CC1. The lowest BCUT2D eigenvalue weighted by Crippen LogP contribution is -2.46. The number of amides is 1. The van der Waals surface area contributed by atoms with Gasteiger partial charge in [0.05, 0.1) is 18.4 Å². The number of ether oxygens (including phenoxy) is 3. The summed E-state index contributed by atoms with van der Waals surface area (Å²) in [4.78, 5) is 38.6. The van der Waals surface area contributed by atoms with Crippen molar-refractivity contribution in [3.63, 3.8) is 0 Å². The Kier molecular flexibility index (Phi) is 7.00. The van der Waals surface area contributed by atoms with E-state index in [2.05, 4.69) is 0 Å². The summed E-state index contributed by atoms with van der Waals surface area (Å²) < 4.78 is 16.1. The summed E-state index contributed by atoms with van der Waals surface area (Å²) in [5, 5.41) is 0.580. The van der Waals surface area contributed by atoms with Crippen molar-refractivity contribution in [3.8, 4) is 5.75 Å². The minimum atomic E-state index is -0.887. The highest BCUT2D eigenvalue weighted by Crippen LogP contribution is 2.30. The maximum atomic E-state index is 12.6. The Hall–Kier alpha value is -2.28. The van der Waals surface area contributed by atoms with Gasteiger partial charge in [-0.2, -0.15) is 0 Å². The number of hydrogen-bond donors (Lipinski definition) is 0. The molecular weight excluding hydrogens is 398 g/mol. The van der Waals surface area contributed by atoms with Crippen molar-refractivity contribution in [2.45, 2.75) is 39.2 Å². The molecule has 158 valence electrons. The molecule has 0 aromatic heterocycles. The van der Waals surface area contributed by atoms with E-state index >= 15 is 0 Å². The number of nitrogens with zero attached hydrogens (tertiary/aromatic N) is 1. The van der Waals surface area contributed by atoms with Crippen LogP contribution in [0, 0.1) is 11.8 Å². The molecule has 1 aromatic rings. The molecule has 0 saturated carbocycles. The van der Waals surface area contributed by atoms with Crippen LogP contribution in [0.5, 0.6) is 5.75 Å². The summed E-state index contributed by atoms with van der Waals surface area (Å²) >= 11 is 6.01. The summed E-state index contributed by atoms with van der Waals surface area (Å²) in [6, 6.07) is 5.30. The van der Waals surface area contributed by atoms with Gasteiger partial charge in [-0.15, -0.1) is 0 Å². The highest BCUT2D eigenvalue weighted by Gasteiger charge is 2.33. The van der Waals surface area contributed by atoms with E-state index in [4.69, 9.17) is 25.8 Å². The minimum Gasteiger partial charge on any atom is -0.492 e. The molecule has 0 spiro atoms. The van der Waals surface area contributed by atoms with Gasteiger partial charge in [0, 0.05) is 18.1 Å². The molecule has 1 amide bonds. The van der Waals surface area contributed by atoms with Gasteiger partial charge in [-0.25, -0.2) is 0 Å². The predicted molar refractivity (Wildman–Crippen MR) is 106 cm³/mol. The summed E-state index contributed by atoms with van der Waals surface area (Å²) in [5.74, 6) is -0.864. The van der Waals surface area contributed by atoms with E-state index in [-0.39, 0.29) is 24.4 Å². The Bertz CT molecular complexity index is 774. The Labute approximate surface area is 175 Å². The van der Waals surface area contributed by atoms with E-state index in [0.717, 1.165) is 5.56 Å². The zero-order valence-electron chi connectivity index (χ0n) is 16.7. The molecule has 8 heteroatoms. The van der Waals surface area contributed by atoms with Crippen LogP contribution in [0.2, 0.25) is 5.02 Å². The molecule has 2 heterocycles. The summed E-state index contributed by atoms with van der Waals surface area (Å²) in [5.41, 5.74) is 0.853. The van der Waals surface area contributed by atoms with E-state index in [1.807, 2.05) is 0 Å². The molecular formula is C21H26ClNO6. The number of carbonyl (C=O) groups is 3. The molecule has 1 fully saturated rings. The van der Waals surface area contributed by atoms with Gasteiger partial charge in [-0.1, -0.05) is 11.6 Å². The first kappa shape index (κ1) is 21.4. The summed E-state index contributed by atoms with van der Waals surface area (Å²) in [7, 11) is 0. The Morgan fingerprint density at radius 1 is 1.21 bits per heavy atom. The topological polar surface area (TPSA) is 82.1 Å². The molecule has 7 nitrogen and oxygen atoms in total. The van der Waals surface area contributed by atoms with E-state index in [0.29, 0.717) is 49.7 Å². The van der Waals surface area contributed by atoms with Crippen molar-refractivity contribution in [2.24, 2.45) is 11.8 Å². The second kappa shape index (κ2) is 9.48. The molecule has 1 saturated heterocycles. The van der Waals surface area contributed by atoms with Crippen LogP contribution < -0.4 is 4.74 Å². The molecule has 29 heavy (non-hydrogen) atoms. The van der Waals surface area contributed by atoms with E-state index < -0.39 is 18.0 Å². The van der Waals surface area contributed by atoms with Gasteiger partial charge in [0.2, 0.25) is 0 Å². The van der Waals surface area contributed by atoms with Crippen molar-refractivity contribution in [2.75, 3.05) is 26.3 Å². The Balaban J connectivity index is 1.50. The zero-order chi connectivity index (χ0) is 21.0. The van der Waals surface area contributed by atoms with Crippen molar-refractivity contribution < 1.29 is 28.6 Å². The minimum absolute atomic E-state index is 0.178. The van der Waals surface area contributed by atoms with E-state index in [9.17, 15) is 14.4 Å². The number of halogens is 1. The number of carbonyl (C=O) groups excluding carboxylic acids is 3. The molecule has 0 aliphatic carbocycles. The monoisotopic (exact) mass is 423 g/mol. The normalized spacial score (nSPS) is 20.2. The van der Waals surface area contributed by atoms with Gasteiger partial charge in [-0.05, 0) is 56.9 Å². The molecule has 2 atom stereocenters. The molecule has 2 unspecified atom stereocenters. The lowest BCUT2D eigenvalue weighted by molar-refractivity contribution is -0.164. The third-order valence-corrected chi connectivity index (χ3v) is 5.56. The first-order valence-electron chi connectivity index (χ1n) is 9.96. The van der Waals surface area contributed by atoms with Crippen LogP contribution in [0.3, 0.4) is 0 Å². The van der Waals surface area contributed by atoms with Gasteiger partial charge in [0.25, 0.3) is 5.91 Å². The molecule has 2 aliphatic heterocycles. The average Bonchev–Trinajstić information content (AvgIpc) is 2.72. The lowest BCUT2D eigenvalue weighted by atomic mass is 9.96. The van der Waals surface area contributed by atoms with Crippen LogP contribution in [0.25, 0.3) is 0 Å². The number of esters is 2. The van der Waals surface area contributed by atoms with E-state index in [1.54, 1.807) is 36.9 Å². The Morgan fingerprint density at radius 3 is 2.62 bits per heavy atom. The highest BCUT2D eigenvalue weighted by atomic mass is 35.5. The molecule has 3 rings (SSSR count). The fourth-order valence-electron chi connectivity index (χ4n) is 3.69. The van der Waals surface area contributed by atoms with Gasteiger partial charge in [-0.3, -0.25) is 14.4 Å². The first-order chi connectivity index (χ1) is 13.9. The maximum Gasteiger partial charge on any atom is 0.313 e. The molecule has 2 aliphatic rings. The van der Waals surface area contributed by atoms with Gasteiger partial charge >= 0.3 is 11.9 Å². The van der Waals surface area contributed by atoms with Gasteiger partial charge in [0.1, 0.15) is 12.4 Å². The van der Waals surface area contributed by atoms with Crippen molar-refractivity contribution in [1.29, 1.82) is 0 Å². The predicted octanol–water partition coefficient (Wildman–Crippen LogP) is 2.62. The van der Waals surface area contributed by atoms with Gasteiger partial charge < -0.3 is 19.1 Å². The second-order valence-corrected chi connectivity index (χ2v) is 7.83. The van der Waals surface area contributed by atoms with Crippen molar-refractivity contribution in [1.82, 2.24) is 4.90 Å². The average molecular weight is 424 g/mol. The molecule has 0 bridgehead atoms. The number of benzene rings is 1.